The van der Waals surface area contributed by atoms with Crippen LogP contribution < -0.4 is 10.1 Å². The SMILES string of the molecule is CCOC(=O)N1CCN(C(C)C(=O)NCc2ccc(OC)cc2)CC1. The van der Waals surface area contributed by atoms with E-state index in [1.54, 1.807) is 18.9 Å². The Morgan fingerprint density at radius 3 is 2.36 bits per heavy atom. The molecule has 0 aliphatic carbocycles. The predicted molar refractivity (Wildman–Crippen MR) is 94.5 cm³/mol. The van der Waals surface area contributed by atoms with Crippen LogP contribution in [0.2, 0.25) is 0 Å². The molecule has 0 radical (unpaired) electrons. The van der Waals surface area contributed by atoms with Crippen LogP contribution in [0.4, 0.5) is 4.79 Å². The van der Waals surface area contributed by atoms with Crippen molar-refractivity contribution in [3.05, 3.63) is 29.8 Å². The number of ether oxygens (including phenoxy) is 2. The smallest absolute Gasteiger partial charge is 0.409 e. The maximum atomic E-state index is 12.4. The highest BCUT2D eigenvalue weighted by Crippen LogP contribution is 2.12. The first-order valence-electron chi connectivity index (χ1n) is 8.61. The molecule has 7 nitrogen and oxygen atoms in total. The summed E-state index contributed by atoms with van der Waals surface area (Å²) in [5.41, 5.74) is 1.02. The lowest BCUT2D eigenvalue weighted by Crippen LogP contribution is -2.54. The average molecular weight is 349 g/mol. The lowest BCUT2D eigenvalue weighted by Gasteiger charge is -2.36. The Hall–Kier alpha value is -2.28. The van der Waals surface area contributed by atoms with E-state index in [1.165, 1.54) is 0 Å². The van der Waals surface area contributed by atoms with Crippen LogP contribution in [0.25, 0.3) is 0 Å². The Morgan fingerprint density at radius 1 is 1.16 bits per heavy atom. The van der Waals surface area contributed by atoms with Gasteiger partial charge in [-0.3, -0.25) is 9.69 Å². The van der Waals surface area contributed by atoms with Gasteiger partial charge in [0.25, 0.3) is 0 Å². The van der Waals surface area contributed by atoms with E-state index in [9.17, 15) is 9.59 Å². The molecule has 1 aromatic carbocycles. The number of carbonyl (C=O) groups excluding carboxylic acids is 2. The second-order valence-electron chi connectivity index (χ2n) is 5.96. The number of hydrogen-bond donors (Lipinski definition) is 1. The number of carbonyl (C=O) groups is 2. The third-order valence-corrected chi connectivity index (χ3v) is 4.39. The van der Waals surface area contributed by atoms with Crippen molar-refractivity contribution in [2.45, 2.75) is 26.4 Å². The van der Waals surface area contributed by atoms with Gasteiger partial charge in [-0.25, -0.2) is 4.79 Å². The van der Waals surface area contributed by atoms with E-state index in [0.717, 1.165) is 11.3 Å². The van der Waals surface area contributed by atoms with Crippen LogP contribution in [0.3, 0.4) is 0 Å². The van der Waals surface area contributed by atoms with E-state index in [4.69, 9.17) is 9.47 Å². The van der Waals surface area contributed by atoms with E-state index >= 15 is 0 Å². The van der Waals surface area contributed by atoms with E-state index in [1.807, 2.05) is 31.2 Å². The molecular formula is C18H27N3O4. The zero-order chi connectivity index (χ0) is 18.2. The molecule has 138 valence electrons. The van der Waals surface area contributed by atoms with Crippen molar-refractivity contribution in [2.24, 2.45) is 0 Å². The molecule has 25 heavy (non-hydrogen) atoms. The van der Waals surface area contributed by atoms with Crippen LogP contribution in [-0.2, 0) is 16.1 Å². The molecule has 2 amide bonds. The van der Waals surface area contributed by atoms with Crippen LogP contribution in [0.1, 0.15) is 19.4 Å². The largest absolute Gasteiger partial charge is 0.497 e. The monoisotopic (exact) mass is 349 g/mol. The molecule has 1 heterocycles. The highest BCUT2D eigenvalue weighted by atomic mass is 16.6. The fourth-order valence-electron chi connectivity index (χ4n) is 2.75. The summed E-state index contributed by atoms with van der Waals surface area (Å²) in [7, 11) is 1.63. The van der Waals surface area contributed by atoms with Gasteiger partial charge in [0.15, 0.2) is 0 Å². The number of piperazine rings is 1. The summed E-state index contributed by atoms with van der Waals surface area (Å²) in [5.74, 6) is 0.781. The second kappa shape index (κ2) is 9.27. The summed E-state index contributed by atoms with van der Waals surface area (Å²) < 4.78 is 10.1. The van der Waals surface area contributed by atoms with Crippen molar-refractivity contribution in [1.29, 1.82) is 0 Å². The van der Waals surface area contributed by atoms with Crippen molar-refractivity contribution in [2.75, 3.05) is 39.9 Å². The minimum atomic E-state index is -0.279. The molecule has 1 aliphatic rings. The number of benzene rings is 1. The molecule has 1 atom stereocenters. The topological polar surface area (TPSA) is 71.1 Å². The van der Waals surface area contributed by atoms with Gasteiger partial charge < -0.3 is 19.7 Å². The van der Waals surface area contributed by atoms with Crippen molar-refractivity contribution < 1.29 is 19.1 Å². The van der Waals surface area contributed by atoms with Crippen LogP contribution >= 0.6 is 0 Å². The number of nitrogens with zero attached hydrogens (tertiary/aromatic N) is 2. The maximum absolute atomic E-state index is 12.4. The maximum Gasteiger partial charge on any atom is 0.409 e. The minimum absolute atomic E-state index is 0.0135. The first-order chi connectivity index (χ1) is 12.0. The van der Waals surface area contributed by atoms with Gasteiger partial charge in [0.1, 0.15) is 5.75 Å². The second-order valence-corrected chi connectivity index (χ2v) is 5.96. The van der Waals surface area contributed by atoms with Gasteiger partial charge in [-0.2, -0.15) is 0 Å². The highest BCUT2D eigenvalue weighted by Gasteiger charge is 2.27. The Labute approximate surface area is 148 Å². The molecule has 0 spiro atoms. The zero-order valence-electron chi connectivity index (χ0n) is 15.2. The summed E-state index contributed by atoms with van der Waals surface area (Å²) in [5, 5.41) is 2.96. The lowest BCUT2D eigenvalue weighted by atomic mass is 10.2. The van der Waals surface area contributed by atoms with E-state index in [0.29, 0.717) is 39.3 Å². The molecule has 7 heteroatoms. The molecule has 0 saturated carbocycles. The van der Waals surface area contributed by atoms with Gasteiger partial charge in [-0.1, -0.05) is 12.1 Å². The van der Waals surface area contributed by atoms with Gasteiger partial charge in [-0.05, 0) is 31.5 Å². The molecule has 1 unspecified atom stereocenters. The Morgan fingerprint density at radius 2 is 1.80 bits per heavy atom. The zero-order valence-corrected chi connectivity index (χ0v) is 15.2. The third-order valence-electron chi connectivity index (χ3n) is 4.39. The molecule has 2 rings (SSSR count). The van der Waals surface area contributed by atoms with E-state index < -0.39 is 0 Å². The Balaban J connectivity index is 1.77. The quantitative estimate of drug-likeness (QED) is 0.842. The lowest BCUT2D eigenvalue weighted by molar-refractivity contribution is -0.126. The summed E-state index contributed by atoms with van der Waals surface area (Å²) >= 11 is 0. The fraction of sp³-hybridized carbons (Fsp3) is 0.556. The predicted octanol–water partition coefficient (Wildman–Crippen LogP) is 1.47. The number of nitrogens with one attached hydrogen (secondary N) is 1. The fourth-order valence-corrected chi connectivity index (χ4v) is 2.75. The molecule has 1 N–H and O–H groups in total. The van der Waals surface area contributed by atoms with Crippen molar-refractivity contribution in [3.63, 3.8) is 0 Å². The van der Waals surface area contributed by atoms with Crippen molar-refractivity contribution >= 4 is 12.0 Å². The van der Waals surface area contributed by atoms with Gasteiger partial charge in [0.2, 0.25) is 5.91 Å². The first-order valence-corrected chi connectivity index (χ1v) is 8.61. The molecule has 1 aliphatic heterocycles. The summed E-state index contributed by atoms with van der Waals surface area (Å²) in [6, 6.07) is 7.38. The van der Waals surface area contributed by atoms with Crippen molar-refractivity contribution in [3.8, 4) is 5.75 Å². The summed E-state index contributed by atoms with van der Waals surface area (Å²) in [4.78, 5) is 27.8. The molecule has 0 aromatic heterocycles. The summed E-state index contributed by atoms with van der Waals surface area (Å²) in [6.45, 7) is 7.03. The standard InChI is InChI=1S/C18H27N3O4/c1-4-25-18(23)21-11-9-20(10-12-21)14(2)17(22)19-13-15-5-7-16(24-3)8-6-15/h5-8,14H,4,9-13H2,1-3H3,(H,19,22). The Kier molecular flexibility index (Phi) is 7.06. The van der Waals surface area contributed by atoms with Crippen LogP contribution in [-0.4, -0.2) is 67.7 Å². The third kappa shape index (κ3) is 5.35. The molecular weight excluding hydrogens is 322 g/mol. The Bertz CT molecular complexity index is 568. The van der Waals surface area contributed by atoms with E-state index in [2.05, 4.69) is 10.2 Å². The number of methoxy groups -OCH3 is 1. The first kappa shape index (κ1) is 19.1. The number of hydrogen-bond acceptors (Lipinski definition) is 5. The number of rotatable bonds is 6. The van der Waals surface area contributed by atoms with Crippen LogP contribution in [0.15, 0.2) is 24.3 Å². The molecule has 0 bridgehead atoms. The summed E-state index contributed by atoms with van der Waals surface area (Å²) in [6.07, 6.45) is -0.279. The molecule has 1 fully saturated rings. The van der Waals surface area contributed by atoms with Crippen LogP contribution in [0, 0.1) is 0 Å². The highest BCUT2D eigenvalue weighted by molar-refractivity contribution is 5.81. The van der Waals surface area contributed by atoms with Gasteiger partial charge >= 0.3 is 6.09 Å². The van der Waals surface area contributed by atoms with Crippen LogP contribution in [0.5, 0.6) is 5.75 Å². The molecule has 1 aromatic rings. The molecule has 1 saturated heterocycles. The van der Waals surface area contributed by atoms with Gasteiger partial charge in [-0.15, -0.1) is 0 Å². The normalized spacial score (nSPS) is 16.2. The minimum Gasteiger partial charge on any atom is -0.497 e. The number of amides is 2. The van der Waals surface area contributed by atoms with E-state index in [-0.39, 0.29) is 18.0 Å². The van der Waals surface area contributed by atoms with Crippen molar-refractivity contribution in [1.82, 2.24) is 15.1 Å². The average Bonchev–Trinajstić information content (AvgIpc) is 2.66. The van der Waals surface area contributed by atoms with Gasteiger partial charge in [0, 0.05) is 32.7 Å². The van der Waals surface area contributed by atoms with Gasteiger partial charge in [0.05, 0.1) is 19.8 Å².